The Morgan fingerprint density at radius 1 is 1.20 bits per heavy atom. The van der Waals surface area contributed by atoms with Crippen molar-refractivity contribution in [3.8, 4) is 0 Å². The number of amidine groups is 1. The number of esters is 1. The fraction of sp³-hybridized carbons (Fsp3) is 0.261. The molecule has 154 valence electrons. The number of nitrogens with zero attached hydrogens (tertiary/aromatic N) is 2. The summed E-state index contributed by atoms with van der Waals surface area (Å²) >= 11 is 4.97. The minimum atomic E-state index is -0.560. The van der Waals surface area contributed by atoms with E-state index < -0.39 is 12.0 Å². The second-order valence-electron chi connectivity index (χ2n) is 7.14. The second kappa shape index (κ2) is 8.78. The molecule has 4 rings (SSSR count). The largest absolute Gasteiger partial charge is 0.457 e. The Balaban J connectivity index is 1.72. The zero-order valence-corrected chi connectivity index (χ0v) is 19.1. The van der Waals surface area contributed by atoms with E-state index in [-0.39, 0.29) is 17.8 Å². The van der Waals surface area contributed by atoms with Crippen molar-refractivity contribution < 1.29 is 14.3 Å². The third-order valence-electron chi connectivity index (χ3n) is 5.12. The van der Waals surface area contributed by atoms with E-state index in [2.05, 4.69) is 20.9 Å². The van der Waals surface area contributed by atoms with Crippen molar-refractivity contribution in [3.63, 3.8) is 0 Å². The van der Waals surface area contributed by atoms with E-state index in [9.17, 15) is 9.59 Å². The Hall–Kier alpha value is -2.38. The summed E-state index contributed by atoms with van der Waals surface area (Å²) in [6, 6.07) is 16.7. The summed E-state index contributed by atoms with van der Waals surface area (Å²) in [5.74, 6) is -0.478. The number of aliphatic imine (C=N–C) groups is 1. The molecular formula is C23H21BrN2O3S. The smallest absolute Gasteiger partial charge is 0.338 e. The summed E-state index contributed by atoms with van der Waals surface area (Å²) in [4.78, 5) is 32.6. The summed E-state index contributed by atoms with van der Waals surface area (Å²) < 4.78 is 6.51. The highest BCUT2D eigenvalue weighted by Gasteiger charge is 2.47. The summed E-state index contributed by atoms with van der Waals surface area (Å²) in [5, 5.41) is 0.458. The van der Waals surface area contributed by atoms with Crippen LogP contribution in [0.4, 0.5) is 0 Å². The van der Waals surface area contributed by atoms with Gasteiger partial charge in [-0.25, -0.2) is 9.79 Å². The number of halogens is 1. The molecule has 2 aliphatic rings. The molecule has 1 saturated heterocycles. The standard InChI is InChI=1S/C23H21BrN2O3S/c1-3-18-21(27)26-20(16-10-7-11-17(24)12-16)19(14(2)25-23(26)30-18)22(28)29-13-15-8-5-4-6-9-15/h4-12,18,20H,3,13H2,1-2H3/t18-,20-/m1/s1. The van der Waals surface area contributed by atoms with Gasteiger partial charge in [0.2, 0.25) is 5.91 Å². The number of ether oxygens (including phenoxy) is 1. The highest BCUT2D eigenvalue weighted by Crippen LogP contribution is 2.44. The average Bonchev–Trinajstić information content (AvgIpc) is 3.06. The van der Waals surface area contributed by atoms with Crippen molar-refractivity contribution in [2.75, 3.05) is 0 Å². The number of amides is 1. The van der Waals surface area contributed by atoms with E-state index in [1.165, 1.54) is 11.8 Å². The molecule has 2 heterocycles. The Bertz CT molecular complexity index is 1050. The molecule has 0 spiro atoms. The molecule has 2 aromatic carbocycles. The van der Waals surface area contributed by atoms with Crippen LogP contribution in [0.15, 0.2) is 75.3 Å². The first-order chi connectivity index (χ1) is 14.5. The lowest BCUT2D eigenvalue weighted by molar-refractivity contribution is -0.141. The first kappa shape index (κ1) is 20.9. The van der Waals surface area contributed by atoms with E-state index in [1.54, 1.807) is 11.8 Å². The number of fused-ring (bicyclic) bond motifs is 1. The minimum Gasteiger partial charge on any atom is -0.457 e. The van der Waals surface area contributed by atoms with Gasteiger partial charge in [0.25, 0.3) is 0 Å². The van der Waals surface area contributed by atoms with E-state index in [0.29, 0.717) is 22.9 Å². The molecule has 0 bridgehead atoms. The molecule has 0 radical (unpaired) electrons. The monoisotopic (exact) mass is 484 g/mol. The van der Waals surface area contributed by atoms with Crippen LogP contribution >= 0.6 is 27.7 Å². The molecule has 0 saturated carbocycles. The van der Waals surface area contributed by atoms with Crippen LogP contribution < -0.4 is 0 Å². The van der Waals surface area contributed by atoms with Gasteiger partial charge in [-0.2, -0.15) is 0 Å². The maximum absolute atomic E-state index is 13.2. The topological polar surface area (TPSA) is 59.0 Å². The van der Waals surface area contributed by atoms with Gasteiger partial charge in [0.15, 0.2) is 5.17 Å². The SMILES string of the molecule is CC[C@H]1SC2=NC(C)=C(C(=O)OCc3ccccc3)[C@@H](c3cccc(Br)c3)N2C1=O. The number of carbonyl (C=O) groups is 2. The fourth-order valence-corrected chi connectivity index (χ4v) is 5.19. The number of allylic oxidation sites excluding steroid dienone is 1. The van der Waals surface area contributed by atoms with Crippen LogP contribution in [0.3, 0.4) is 0 Å². The van der Waals surface area contributed by atoms with Gasteiger partial charge in [-0.3, -0.25) is 9.69 Å². The minimum absolute atomic E-state index is 0.0212. The normalized spacial score (nSPS) is 20.8. The van der Waals surface area contributed by atoms with Crippen LogP contribution in [0, 0.1) is 0 Å². The molecule has 2 atom stereocenters. The molecule has 0 unspecified atom stereocenters. The van der Waals surface area contributed by atoms with Gasteiger partial charge in [0.1, 0.15) is 6.61 Å². The third kappa shape index (κ3) is 3.96. The number of benzene rings is 2. The molecule has 0 aromatic heterocycles. The van der Waals surface area contributed by atoms with Crippen molar-refractivity contribution in [3.05, 3.63) is 81.5 Å². The molecule has 1 fully saturated rings. The number of hydrogen-bond acceptors (Lipinski definition) is 5. The Morgan fingerprint density at radius 2 is 1.97 bits per heavy atom. The predicted octanol–water partition coefficient (Wildman–Crippen LogP) is 5.23. The molecule has 2 aliphatic heterocycles. The van der Waals surface area contributed by atoms with Crippen molar-refractivity contribution in [2.45, 2.75) is 38.2 Å². The summed E-state index contributed by atoms with van der Waals surface area (Å²) in [6.45, 7) is 3.95. The zero-order valence-electron chi connectivity index (χ0n) is 16.7. The van der Waals surface area contributed by atoms with Crippen LogP contribution in [0.1, 0.15) is 37.4 Å². The van der Waals surface area contributed by atoms with Gasteiger partial charge in [0, 0.05) is 4.47 Å². The molecular weight excluding hydrogens is 464 g/mol. The van der Waals surface area contributed by atoms with Crippen molar-refractivity contribution in [1.82, 2.24) is 4.90 Å². The van der Waals surface area contributed by atoms with Crippen LogP contribution in [-0.4, -0.2) is 27.2 Å². The van der Waals surface area contributed by atoms with Gasteiger partial charge in [-0.05, 0) is 36.6 Å². The van der Waals surface area contributed by atoms with Crippen LogP contribution in [0.2, 0.25) is 0 Å². The van der Waals surface area contributed by atoms with Crippen molar-refractivity contribution in [1.29, 1.82) is 0 Å². The maximum Gasteiger partial charge on any atom is 0.338 e. The molecule has 7 heteroatoms. The van der Waals surface area contributed by atoms with Gasteiger partial charge in [-0.1, -0.05) is 77.1 Å². The van der Waals surface area contributed by atoms with E-state index in [0.717, 1.165) is 15.6 Å². The summed E-state index contributed by atoms with van der Waals surface area (Å²) in [7, 11) is 0. The number of carbonyl (C=O) groups excluding carboxylic acids is 2. The number of rotatable bonds is 5. The van der Waals surface area contributed by atoms with Gasteiger partial charge >= 0.3 is 5.97 Å². The lowest BCUT2D eigenvalue weighted by atomic mass is 9.94. The van der Waals surface area contributed by atoms with E-state index in [4.69, 9.17) is 4.74 Å². The van der Waals surface area contributed by atoms with Crippen molar-refractivity contribution in [2.24, 2.45) is 4.99 Å². The number of hydrogen-bond donors (Lipinski definition) is 0. The highest BCUT2D eigenvalue weighted by molar-refractivity contribution is 9.10. The number of thioether (sulfide) groups is 1. The Labute approximate surface area is 188 Å². The molecule has 0 aliphatic carbocycles. The quantitative estimate of drug-likeness (QED) is 0.545. The third-order valence-corrected chi connectivity index (χ3v) is 6.93. The highest BCUT2D eigenvalue weighted by atomic mass is 79.9. The van der Waals surface area contributed by atoms with E-state index in [1.807, 2.05) is 61.5 Å². The summed E-state index contributed by atoms with van der Waals surface area (Å²) in [5.41, 5.74) is 2.73. The molecule has 30 heavy (non-hydrogen) atoms. The Kier molecular flexibility index (Phi) is 6.11. The van der Waals surface area contributed by atoms with Gasteiger partial charge in [-0.15, -0.1) is 0 Å². The van der Waals surface area contributed by atoms with E-state index >= 15 is 0 Å². The lowest BCUT2D eigenvalue weighted by Gasteiger charge is -2.33. The molecule has 0 N–H and O–H groups in total. The van der Waals surface area contributed by atoms with Crippen LogP contribution in [0.5, 0.6) is 0 Å². The first-order valence-electron chi connectivity index (χ1n) is 9.75. The maximum atomic E-state index is 13.2. The van der Waals surface area contributed by atoms with Crippen LogP contribution in [0.25, 0.3) is 0 Å². The molecule has 1 amide bonds. The van der Waals surface area contributed by atoms with Crippen LogP contribution in [-0.2, 0) is 20.9 Å². The van der Waals surface area contributed by atoms with Gasteiger partial charge < -0.3 is 4.74 Å². The first-order valence-corrected chi connectivity index (χ1v) is 11.4. The zero-order chi connectivity index (χ0) is 21.3. The van der Waals surface area contributed by atoms with Crippen molar-refractivity contribution >= 4 is 44.7 Å². The van der Waals surface area contributed by atoms with Gasteiger partial charge in [0.05, 0.1) is 22.6 Å². The Morgan fingerprint density at radius 3 is 2.67 bits per heavy atom. The predicted molar refractivity (Wildman–Crippen MR) is 122 cm³/mol. The molecule has 2 aromatic rings. The lowest BCUT2D eigenvalue weighted by Crippen LogP contribution is -2.40. The fourth-order valence-electron chi connectivity index (χ4n) is 3.64. The molecule has 5 nitrogen and oxygen atoms in total. The average molecular weight is 485 g/mol. The second-order valence-corrected chi connectivity index (χ2v) is 9.22. The summed E-state index contributed by atoms with van der Waals surface area (Å²) in [6.07, 6.45) is 0.705.